The van der Waals surface area contributed by atoms with Gasteiger partial charge in [0.05, 0.1) is 24.1 Å². The largest absolute Gasteiger partial charge is 0.395 e. The van der Waals surface area contributed by atoms with Crippen LogP contribution in [-0.4, -0.2) is 39.4 Å². The van der Waals surface area contributed by atoms with Gasteiger partial charge in [-0.1, -0.05) is 0 Å². The Kier molecular flexibility index (Phi) is 2.35. The molecule has 1 fully saturated rings. The molecular weight excluding hydrogens is 140 g/mol. The zero-order valence-corrected chi connectivity index (χ0v) is 5.58. The van der Waals surface area contributed by atoms with E-state index in [4.69, 9.17) is 15.3 Å². The molecule has 1 radical (unpaired) electrons. The highest BCUT2D eigenvalue weighted by Crippen LogP contribution is 2.30. The molecule has 1 heterocycles. The average molecular weight is 149 g/mol. The highest BCUT2D eigenvalue weighted by Gasteiger charge is 2.33. The minimum absolute atomic E-state index is 0.0839. The van der Waals surface area contributed by atoms with Gasteiger partial charge in [0.25, 0.3) is 0 Å². The van der Waals surface area contributed by atoms with Crippen LogP contribution in [0.25, 0.3) is 0 Å². The van der Waals surface area contributed by atoms with Crippen molar-refractivity contribution in [3.05, 3.63) is 5.75 Å². The first kappa shape index (κ1) is 7.34. The number of hydrogen-bond donors (Lipinski definition) is 3. The molecule has 1 rings (SSSR count). The van der Waals surface area contributed by atoms with Crippen LogP contribution in [0.15, 0.2) is 0 Å². The summed E-state index contributed by atoms with van der Waals surface area (Å²) in [6.07, 6.45) is -1.56. The zero-order chi connectivity index (χ0) is 6.85. The van der Waals surface area contributed by atoms with Gasteiger partial charge >= 0.3 is 0 Å². The molecule has 0 amide bonds. The minimum atomic E-state index is -0.792. The number of aliphatic hydroxyl groups is 3. The van der Waals surface area contributed by atoms with Crippen LogP contribution in [-0.2, 0) is 0 Å². The maximum Gasteiger partial charge on any atom is 0.0951 e. The second-order valence-corrected chi connectivity index (χ2v) is 3.12. The first-order valence-electron chi connectivity index (χ1n) is 2.71. The molecule has 3 atom stereocenters. The first-order valence-corrected chi connectivity index (χ1v) is 3.66. The van der Waals surface area contributed by atoms with Gasteiger partial charge in [-0.05, 0) is 0 Å². The van der Waals surface area contributed by atoms with Crippen LogP contribution in [0, 0.1) is 5.75 Å². The van der Waals surface area contributed by atoms with Crippen molar-refractivity contribution in [3.8, 4) is 0 Å². The molecule has 0 aromatic heterocycles. The fraction of sp³-hybridized carbons (Fsp3) is 0.800. The molecule has 0 spiro atoms. The van der Waals surface area contributed by atoms with Crippen LogP contribution in [0.5, 0.6) is 0 Å². The summed E-state index contributed by atoms with van der Waals surface area (Å²) in [4.78, 5) is 0. The Morgan fingerprint density at radius 2 is 2.11 bits per heavy atom. The van der Waals surface area contributed by atoms with Gasteiger partial charge in [-0.2, -0.15) is 0 Å². The van der Waals surface area contributed by atoms with Crippen molar-refractivity contribution < 1.29 is 15.3 Å². The van der Waals surface area contributed by atoms with Gasteiger partial charge in [-0.25, -0.2) is 0 Å². The molecule has 4 heteroatoms. The van der Waals surface area contributed by atoms with Crippen LogP contribution in [0.4, 0.5) is 0 Å². The predicted octanol–water partition coefficient (Wildman–Crippen LogP) is -1.02. The SMILES string of the molecule is OC[C@H]1S[CH][C@@H](O)[C@@H]1O. The highest BCUT2D eigenvalue weighted by atomic mass is 32.2. The van der Waals surface area contributed by atoms with Crippen LogP contribution >= 0.6 is 11.8 Å². The lowest BCUT2D eigenvalue weighted by Gasteiger charge is -2.10. The third-order valence-corrected chi connectivity index (χ3v) is 2.52. The molecule has 9 heavy (non-hydrogen) atoms. The Hall–Kier alpha value is 0.230. The summed E-state index contributed by atoms with van der Waals surface area (Å²) in [5, 5.41) is 26.2. The van der Waals surface area contributed by atoms with Crippen molar-refractivity contribution in [2.45, 2.75) is 17.5 Å². The van der Waals surface area contributed by atoms with E-state index in [1.165, 1.54) is 17.5 Å². The molecule has 0 aromatic carbocycles. The smallest absolute Gasteiger partial charge is 0.0951 e. The summed E-state index contributed by atoms with van der Waals surface area (Å²) in [5.74, 6) is 1.53. The van der Waals surface area contributed by atoms with Gasteiger partial charge in [-0.15, -0.1) is 11.8 Å². The monoisotopic (exact) mass is 149 g/mol. The molecule has 1 aliphatic rings. The Morgan fingerprint density at radius 1 is 1.44 bits per heavy atom. The van der Waals surface area contributed by atoms with E-state index in [0.29, 0.717) is 0 Å². The molecule has 0 aliphatic carbocycles. The second kappa shape index (κ2) is 2.88. The molecule has 1 aliphatic heterocycles. The van der Waals surface area contributed by atoms with Crippen LogP contribution in [0.2, 0.25) is 0 Å². The van der Waals surface area contributed by atoms with E-state index in [1.807, 2.05) is 0 Å². The Bertz CT molecular complexity index is 98.2. The maximum absolute atomic E-state index is 9.00. The summed E-state index contributed by atoms with van der Waals surface area (Å²) < 4.78 is 0. The van der Waals surface area contributed by atoms with Crippen molar-refractivity contribution >= 4 is 11.8 Å². The Balaban J connectivity index is 2.41. The minimum Gasteiger partial charge on any atom is -0.395 e. The van der Waals surface area contributed by atoms with E-state index >= 15 is 0 Å². The fourth-order valence-electron chi connectivity index (χ4n) is 0.713. The van der Waals surface area contributed by atoms with Gasteiger partial charge < -0.3 is 15.3 Å². The molecule has 0 saturated carbocycles. The zero-order valence-electron chi connectivity index (χ0n) is 4.77. The van der Waals surface area contributed by atoms with Gasteiger partial charge in [-0.3, -0.25) is 0 Å². The second-order valence-electron chi connectivity index (χ2n) is 1.97. The summed E-state index contributed by atoms with van der Waals surface area (Å²) in [5.41, 5.74) is 0. The van der Waals surface area contributed by atoms with E-state index in [-0.39, 0.29) is 11.9 Å². The van der Waals surface area contributed by atoms with E-state index in [2.05, 4.69) is 0 Å². The summed E-state index contributed by atoms with van der Waals surface area (Å²) >= 11 is 1.28. The van der Waals surface area contributed by atoms with Gasteiger partial charge in [0.1, 0.15) is 0 Å². The lowest BCUT2D eigenvalue weighted by atomic mass is 10.2. The van der Waals surface area contributed by atoms with Crippen molar-refractivity contribution in [3.63, 3.8) is 0 Å². The van der Waals surface area contributed by atoms with Crippen molar-refractivity contribution in [1.82, 2.24) is 0 Å². The maximum atomic E-state index is 9.00. The van der Waals surface area contributed by atoms with E-state index in [9.17, 15) is 0 Å². The van der Waals surface area contributed by atoms with Crippen molar-refractivity contribution in [2.75, 3.05) is 6.61 Å². The lowest BCUT2D eigenvalue weighted by Crippen LogP contribution is -2.30. The molecule has 3 nitrogen and oxygen atoms in total. The Morgan fingerprint density at radius 3 is 2.33 bits per heavy atom. The van der Waals surface area contributed by atoms with Crippen molar-refractivity contribution in [2.24, 2.45) is 0 Å². The summed E-state index contributed by atoms with van der Waals surface area (Å²) in [6, 6.07) is 0. The fourth-order valence-corrected chi connectivity index (χ4v) is 1.65. The molecule has 1 saturated heterocycles. The van der Waals surface area contributed by atoms with Crippen LogP contribution in [0.1, 0.15) is 0 Å². The van der Waals surface area contributed by atoms with Crippen LogP contribution < -0.4 is 0 Å². The molecule has 3 N–H and O–H groups in total. The molecule has 0 bridgehead atoms. The molecule has 0 unspecified atom stereocenters. The van der Waals surface area contributed by atoms with Gasteiger partial charge in [0.2, 0.25) is 0 Å². The molecule has 0 aromatic rings. The number of aliphatic hydroxyl groups excluding tert-OH is 3. The number of hydrogen-bond acceptors (Lipinski definition) is 4. The molecular formula is C5H9O3S. The van der Waals surface area contributed by atoms with Gasteiger partial charge in [0.15, 0.2) is 0 Å². The summed E-state index contributed by atoms with van der Waals surface area (Å²) in [7, 11) is 0. The predicted molar refractivity (Wildman–Crippen MR) is 34.8 cm³/mol. The van der Waals surface area contributed by atoms with E-state index in [1.54, 1.807) is 0 Å². The quantitative estimate of drug-likeness (QED) is 0.446. The van der Waals surface area contributed by atoms with E-state index in [0.717, 1.165) is 0 Å². The lowest BCUT2D eigenvalue weighted by molar-refractivity contribution is 0.0406. The van der Waals surface area contributed by atoms with Crippen molar-refractivity contribution in [1.29, 1.82) is 0 Å². The standard InChI is InChI=1S/C5H9O3S/c6-1-4-5(8)3(7)2-9-4/h2-8H,1H2/t3-,4-,5+/m1/s1. The van der Waals surface area contributed by atoms with Gasteiger partial charge in [0, 0.05) is 5.75 Å². The van der Waals surface area contributed by atoms with E-state index < -0.39 is 12.2 Å². The summed E-state index contributed by atoms with van der Waals surface area (Å²) in [6.45, 7) is -0.0839. The number of rotatable bonds is 1. The normalized spacial score (nSPS) is 43.7. The third kappa shape index (κ3) is 1.38. The highest BCUT2D eigenvalue weighted by molar-refractivity contribution is 8.02. The number of thioether (sulfide) groups is 1. The topological polar surface area (TPSA) is 60.7 Å². The average Bonchev–Trinajstić information content (AvgIpc) is 2.15. The van der Waals surface area contributed by atoms with Crippen LogP contribution in [0.3, 0.4) is 0 Å². The molecule has 53 valence electrons. The first-order chi connectivity index (χ1) is 4.25. The Labute approximate surface area is 57.7 Å². The third-order valence-electron chi connectivity index (χ3n) is 1.30.